The molecule has 3 heterocycles. The Kier molecular flexibility index (Phi) is 6.32. The van der Waals surface area contributed by atoms with E-state index in [1.165, 1.54) is 0 Å². The summed E-state index contributed by atoms with van der Waals surface area (Å²) in [4.78, 5) is 29.3. The van der Waals surface area contributed by atoms with Crippen LogP contribution >= 0.6 is 0 Å². The smallest absolute Gasteiger partial charge is 0.292 e. The fourth-order valence-corrected chi connectivity index (χ4v) is 4.05. The second-order valence-corrected chi connectivity index (χ2v) is 7.74. The molecule has 2 aliphatic rings. The number of ether oxygens (including phenoxy) is 2. The highest BCUT2D eigenvalue weighted by atomic mass is 16.5. The minimum absolute atomic E-state index is 0.118. The molecule has 0 radical (unpaired) electrons. The summed E-state index contributed by atoms with van der Waals surface area (Å²) in [6, 6.07) is 9.40. The zero-order valence-electron chi connectivity index (χ0n) is 17.2. The molecule has 2 fully saturated rings. The highest BCUT2D eigenvalue weighted by molar-refractivity contribution is 5.92. The van der Waals surface area contributed by atoms with Crippen molar-refractivity contribution in [1.29, 1.82) is 0 Å². The lowest BCUT2D eigenvalue weighted by molar-refractivity contribution is -0.141. The Morgan fingerprint density at radius 1 is 1.17 bits per heavy atom. The molecular weight excluding hydrogens is 386 g/mol. The van der Waals surface area contributed by atoms with E-state index >= 15 is 0 Å². The highest BCUT2D eigenvalue weighted by Gasteiger charge is 2.33. The van der Waals surface area contributed by atoms with Gasteiger partial charge >= 0.3 is 0 Å². The molecule has 30 heavy (non-hydrogen) atoms. The molecule has 1 atom stereocenters. The fraction of sp³-hybridized carbons (Fsp3) is 0.500. The zero-order chi connectivity index (χ0) is 20.9. The third-order valence-corrected chi connectivity index (χ3v) is 5.67. The standard InChI is InChI=1S/C22H27N3O5/c1-28-19-6-2-4-16(13-19)12-18-14-20(30-23-18)22(27)25-7-3-5-17(15-25)21(26)24-8-10-29-11-9-24/h2,4,6,13-14,17H,3,5,7-12,15H2,1H3. The van der Waals surface area contributed by atoms with E-state index in [0.717, 1.165) is 24.2 Å². The van der Waals surface area contributed by atoms with Gasteiger partial charge in [0.25, 0.3) is 5.91 Å². The molecule has 0 bridgehead atoms. The Morgan fingerprint density at radius 2 is 2.00 bits per heavy atom. The van der Waals surface area contributed by atoms with Crippen LogP contribution in [0, 0.1) is 5.92 Å². The maximum Gasteiger partial charge on any atom is 0.292 e. The van der Waals surface area contributed by atoms with Gasteiger partial charge in [-0.1, -0.05) is 17.3 Å². The molecule has 4 rings (SSSR count). The molecule has 8 heteroatoms. The van der Waals surface area contributed by atoms with Gasteiger partial charge in [0.15, 0.2) is 0 Å². The Morgan fingerprint density at radius 3 is 2.80 bits per heavy atom. The van der Waals surface area contributed by atoms with Crippen LogP contribution in [0.25, 0.3) is 0 Å². The minimum atomic E-state index is -0.209. The number of likely N-dealkylation sites (tertiary alicyclic amines) is 1. The third kappa shape index (κ3) is 4.64. The van der Waals surface area contributed by atoms with E-state index in [1.54, 1.807) is 18.1 Å². The summed E-state index contributed by atoms with van der Waals surface area (Å²) in [5.74, 6) is 0.731. The number of benzene rings is 1. The van der Waals surface area contributed by atoms with Gasteiger partial charge < -0.3 is 23.8 Å². The van der Waals surface area contributed by atoms with Gasteiger partial charge in [0.2, 0.25) is 11.7 Å². The predicted octanol–water partition coefficient (Wildman–Crippen LogP) is 1.98. The van der Waals surface area contributed by atoms with Crippen LogP contribution < -0.4 is 4.74 Å². The lowest BCUT2D eigenvalue weighted by Gasteiger charge is -2.35. The Labute approximate surface area is 175 Å². The van der Waals surface area contributed by atoms with Gasteiger partial charge in [0, 0.05) is 38.7 Å². The first-order chi connectivity index (χ1) is 14.6. The molecule has 1 aromatic heterocycles. The molecule has 160 valence electrons. The van der Waals surface area contributed by atoms with Crippen LogP contribution in [0.2, 0.25) is 0 Å². The summed E-state index contributed by atoms with van der Waals surface area (Å²) in [7, 11) is 1.63. The van der Waals surface area contributed by atoms with Crippen LogP contribution in [0.1, 0.15) is 34.7 Å². The number of hydrogen-bond acceptors (Lipinski definition) is 6. The maximum absolute atomic E-state index is 12.9. The van der Waals surface area contributed by atoms with Crippen LogP contribution in [-0.2, 0) is 16.0 Å². The van der Waals surface area contributed by atoms with E-state index in [2.05, 4.69) is 5.16 Å². The molecule has 0 aliphatic carbocycles. The van der Waals surface area contributed by atoms with Crippen molar-refractivity contribution in [3.8, 4) is 5.75 Å². The van der Waals surface area contributed by atoms with Gasteiger partial charge in [-0.25, -0.2) is 0 Å². The summed E-state index contributed by atoms with van der Waals surface area (Å²) in [5, 5.41) is 4.06. The van der Waals surface area contributed by atoms with Gasteiger partial charge in [0.1, 0.15) is 5.75 Å². The minimum Gasteiger partial charge on any atom is -0.497 e. The average Bonchev–Trinajstić information content (AvgIpc) is 3.27. The Balaban J connectivity index is 1.38. The molecule has 1 unspecified atom stereocenters. The van der Waals surface area contributed by atoms with Gasteiger partial charge in [-0.15, -0.1) is 0 Å². The van der Waals surface area contributed by atoms with Crippen molar-refractivity contribution >= 4 is 11.8 Å². The van der Waals surface area contributed by atoms with Crippen molar-refractivity contribution in [3.05, 3.63) is 47.3 Å². The lowest BCUT2D eigenvalue weighted by atomic mass is 9.96. The third-order valence-electron chi connectivity index (χ3n) is 5.67. The number of amides is 2. The molecule has 2 aromatic rings. The number of rotatable bonds is 5. The van der Waals surface area contributed by atoms with Crippen molar-refractivity contribution in [3.63, 3.8) is 0 Å². The van der Waals surface area contributed by atoms with Crippen LogP contribution in [-0.4, -0.2) is 73.3 Å². The lowest BCUT2D eigenvalue weighted by Crippen LogP contribution is -2.49. The number of carbonyl (C=O) groups excluding carboxylic acids is 2. The van der Waals surface area contributed by atoms with E-state index in [0.29, 0.717) is 51.5 Å². The van der Waals surface area contributed by atoms with E-state index in [-0.39, 0.29) is 23.5 Å². The van der Waals surface area contributed by atoms with E-state index in [4.69, 9.17) is 14.0 Å². The summed E-state index contributed by atoms with van der Waals surface area (Å²) in [6.07, 6.45) is 2.15. The number of morpholine rings is 1. The second-order valence-electron chi connectivity index (χ2n) is 7.74. The predicted molar refractivity (Wildman–Crippen MR) is 108 cm³/mol. The van der Waals surface area contributed by atoms with Crippen molar-refractivity contribution in [2.45, 2.75) is 19.3 Å². The van der Waals surface area contributed by atoms with Crippen molar-refractivity contribution in [2.75, 3.05) is 46.5 Å². The van der Waals surface area contributed by atoms with Crippen LogP contribution in [0.5, 0.6) is 5.75 Å². The number of methoxy groups -OCH3 is 1. The number of nitrogens with zero attached hydrogens (tertiary/aromatic N) is 3. The maximum atomic E-state index is 12.9. The molecule has 2 saturated heterocycles. The Hall–Kier alpha value is -2.87. The zero-order valence-corrected chi connectivity index (χ0v) is 17.2. The summed E-state index contributed by atoms with van der Waals surface area (Å²) < 4.78 is 15.9. The molecule has 0 spiro atoms. The summed E-state index contributed by atoms with van der Waals surface area (Å²) >= 11 is 0. The first kappa shape index (κ1) is 20.4. The normalized spacial score (nSPS) is 19.6. The van der Waals surface area contributed by atoms with Crippen LogP contribution in [0.4, 0.5) is 0 Å². The highest BCUT2D eigenvalue weighted by Crippen LogP contribution is 2.22. The van der Waals surface area contributed by atoms with E-state index < -0.39 is 0 Å². The molecule has 0 N–H and O–H groups in total. The molecule has 1 aromatic carbocycles. The number of hydrogen-bond donors (Lipinski definition) is 0. The first-order valence-electron chi connectivity index (χ1n) is 10.4. The Bertz CT molecular complexity index is 890. The monoisotopic (exact) mass is 413 g/mol. The number of aromatic nitrogens is 1. The molecule has 0 saturated carbocycles. The van der Waals surface area contributed by atoms with Crippen molar-refractivity contribution in [1.82, 2.24) is 15.0 Å². The SMILES string of the molecule is COc1cccc(Cc2cc(C(=O)N3CCCC(C(=O)N4CCOCC4)C3)on2)c1. The van der Waals surface area contributed by atoms with E-state index in [9.17, 15) is 9.59 Å². The van der Waals surface area contributed by atoms with Gasteiger partial charge in [-0.2, -0.15) is 0 Å². The number of carbonyl (C=O) groups is 2. The molecule has 2 amide bonds. The van der Waals surface area contributed by atoms with Crippen molar-refractivity contribution < 1.29 is 23.6 Å². The first-order valence-corrected chi connectivity index (χ1v) is 10.4. The quantitative estimate of drug-likeness (QED) is 0.745. The molecule has 8 nitrogen and oxygen atoms in total. The molecule has 2 aliphatic heterocycles. The second kappa shape index (κ2) is 9.30. The van der Waals surface area contributed by atoms with Gasteiger partial charge in [-0.05, 0) is 30.5 Å². The number of piperidine rings is 1. The summed E-state index contributed by atoms with van der Waals surface area (Å²) in [5.41, 5.74) is 1.71. The van der Waals surface area contributed by atoms with Gasteiger partial charge in [0.05, 0.1) is 31.9 Å². The van der Waals surface area contributed by atoms with Crippen LogP contribution in [0.3, 0.4) is 0 Å². The average molecular weight is 413 g/mol. The van der Waals surface area contributed by atoms with Crippen LogP contribution in [0.15, 0.2) is 34.9 Å². The summed E-state index contributed by atoms with van der Waals surface area (Å²) in [6.45, 7) is 3.45. The largest absolute Gasteiger partial charge is 0.497 e. The fourth-order valence-electron chi connectivity index (χ4n) is 4.05. The van der Waals surface area contributed by atoms with E-state index in [1.807, 2.05) is 29.2 Å². The van der Waals surface area contributed by atoms with Gasteiger partial charge in [-0.3, -0.25) is 9.59 Å². The van der Waals surface area contributed by atoms with Crippen molar-refractivity contribution in [2.24, 2.45) is 5.92 Å². The molecular formula is C22H27N3O5. The topological polar surface area (TPSA) is 85.1 Å².